The van der Waals surface area contributed by atoms with Crippen molar-refractivity contribution in [2.24, 2.45) is 5.73 Å². The average molecular weight is 610 g/mol. The minimum absolute atomic E-state index is 0.332. The molecule has 0 atom stereocenters. The van der Waals surface area contributed by atoms with Crippen LogP contribution in [-0.4, -0.2) is 28.7 Å². The van der Waals surface area contributed by atoms with Gasteiger partial charge >= 0.3 is 11.9 Å². The molecule has 256 valence electrons. The molecular weight excluding hydrogens is 534 g/mol. The van der Waals surface area contributed by atoms with E-state index in [0.29, 0.717) is 12.8 Å². The van der Waals surface area contributed by atoms with E-state index in [-0.39, 0.29) is 0 Å². The molecule has 0 amide bonds. The molecule has 0 spiro atoms. The van der Waals surface area contributed by atoms with Gasteiger partial charge in [0.15, 0.2) is 0 Å². The van der Waals surface area contributed by atoms with Crippen molar-refractivity contribution in [1.82, 2.24) is 0 Å². The maximum absolute atomic E-state index is 10.3. The van der Waals surface area contributed by atoms with Crippen LogP contribution in [0, 0.1) is 0 Å². The Morgan fingerprint density at radius 1 is 0.419 bits per heavy atom. The minimum atomic E-state index is -0.664. The number of nitrogens with two attached hydrogens (primary N) is 1. The molecule has 0 aromatic carbocycles. The number of hydrogen-bond donors (Lipinski definition) is 3. The first-order chi connectivity index (χ1) is 21.0. The highest BCUT2D eigenvalue weighted by Crippen LogP contribution is 2.11. The van der Waals surface area contributed by atoms with Gasteiger partial charge in [-0.05, 0) is 70.8 Å². The number of rotatable bonds is 30. The van der Waals surface area contributed by atoms with E-state index in [1.807, 2.05) is 6.92 Å². The molecule has 0 bridgehead atoms. The Labute approximate surface area is 268 Å². The summed E-state index contributed by atoms with van der Waals surface area (Å²) in [5.74, 6) is -1.33. The SMILES string of the molecule is CCCCCCCC/C=C\CCCCCCCC(=O)O.CCCCCCCC/C=C\CCCCCCCC(=O)O.CCN. The average Bonchev–Trinajstić information content (AvgIpc) is 2.97. The van der Waals surface area contributed by atoms with Crippen LogP contribution in [0.1, 0.15) is 201 Å². The Balaban J connectivity index is -0.000000681. The monoisotopic (exact) mass is 610 g/mol. The number of unbranched alkanes of at least 4 members (excludes halogenated alkanes) is 22. The summed E-state index contributed by atoms with van der Waals surface area (Å²) in [4.78, 5) is 20.6. The fraction of sp³-hybridized carbons (Fsp3) is 0.842. The van der Waals surface area contributed by atoms with E-state index in [2.05, 4.69) is 38.2 Å². The zero-order valence-electron chi connectivity index (χ0n) is 29.1. The molecule has 5 nitrogen and oxygen atoms in total. The van der Waals surface area contributed by atoms with Crippen molar-refractivity contribution in [3.63, 3.8) is 0 Å². The number of allylic oxidation sites excluding steroid dienone is 4. The van der Waals surface area contributed by atoms with Crippen LogP contribution in [0.4, 0.5) is 0 Å². The van der Waals surface area contributed by atoms with Crippen LogP contribution in [0.2, 0.25) is 0 Å². The predicted octanol–water partition coefficient (Wildman–Crippen LogP) is 12.2. The lowest BCUT2D eigenvalue weighted by atomic mass is 10.1. The van der Waals surface area contributed by atoms with E-state index < -0.39 is 11.9 Å². The van der Waals surface area contributed by atoms with Gasteiger partial charge in [-0.15, -0.1) is 0 Å². The van der Waals surface area contributed by atoms with Crippen LogP contribution in [0.5, 0.6) is 0 Å². The van der Waals surface area contributed by atoms with E-state index in [9.17, 15) is 9.59 Å². The summed E-state index contributed by atoms with van der Waals surface area (Å²) in [6.07, 6.45) is 42.5. The highest BCUT2D eigenvalue weighted by molar-refractivity contribution is 5.66. The van der Waals surface area contributed by atoms with Gasteiger partial charge < -0.3 is 15.9 Å². The van der Waals surface area contributed by atoms with Gasteiger partial charge in [-0.3, -0.25) is 9.59 Å². The lowest BCUT2D eigenvalue weighted by molar-refractivity contribution is -0.138. The van der Waals surface area contributed by atoms with Crippen LogP contribution >= 0.6 is 0 Å². The van der Waals surface area contributed by atoms with Crippen molar-refractivity contribution in [1.29, 1.82) is 0 Å². The van der Waals surface area contributed by atoms with Crippen molar-refractivity contribution in [3.8, 4) is 0 Å². The van der Waals surface area contributed by atoms with Crippen LogP contribution in [0.3, 0.4) is 0 Å². The minimum Gasteiger partial charge on any atom is -0.481 e. The summed E-state index contributed by atoms with van der Waals surface area (Å²) in [5.41, 5.74) is 4.85. The standard InChI is InChI=1S/2C18H34O2.C2H7N/c2*1-2-3-4-5-6-7-8-9-10-11-12-13-14-15-16-17-18(19)20;1-2-3/h2*9-10H,2-8,11-17H2,1H3,(H,19,20);2-3H2,1H3/b2*10-9-;. The third-order valence-corrected chi connectivity index (χ3v) is 7.30. The van der Waals surface area contributed by atoms with Crippen molar-refractivity contribution < 1.29 is 19.8 Å². The molecule has 0 rings (SSSR count). The Bertz CT molecular complexity index is 538. The zero-order chi connectivity index (χ0) is 32.5. The topological polar surface area (TPSA) is 101 Å². The first-order valence-electron chi connectivity index (χ1n) is 18.4. The smallest absolute Gasteiger partial charge is 0.303 e. The van der Waals surface area contributed by atoms with E-state index in [0.717, 1.165) is 32.2 Å². The molecule has 0 aromatic heterocycles. The molecule has 0 saturated heterocycles. The molecule has 0 radical (unpaired) electrons. The van der Waals surface area contributed by atoms with Crippen molar-refractivity contribution >= 4 is 11.9 Å². The summed E-state index contributed by atoms with van der Waals surface area (Å²) < 4.78 is 0. The Hall–Kier alpha value is -1.62. The van der Waals surface area contributed by atoms with E-state index in [1.54, 1.807) is 0 Å². The number of hydrogen-bond acceptors (Lipinski definition) is 3. The molecular formula is C38H75NO4. The van der Waals surface area contributed by atoms with Gasteiger partial charge in [0.25, 0.3) is 0 Å². The lowest BCUT2D eigenvalue weighted by Crippen LogP contribution is -1.93. The van der Waals surface area contributed by atoms with Gasteiger partial charge in [-0.25, -0.2) is 0 Å². The number of carbonyl (C=O) groups is 2. The van der Waals surface area contributed by atoms with Gasteiger partial charge in [0.1, 0.15) is 0 Å². The molecule has 0 fully saturated rings. The van der Waals surface area contributed by atoms with Gasteiger partial charge in [-0.1, -0.05) is 148 Å². The Morgan fingerprint density at radius 2 is 0.628 bits per heavy atom. The second-order valence-electron chi connectivity index (χ2n) is 11.9. The number of aliphatic carboxylic acids is 2. The van der Waals surface area contributed by atoms with Crippen LogP contribution in [0.25, 0.3) is 0 Å². The van der Waals surface area contributed by atoms with Crippen LogP contribution in [0.15, 0.2) is 24.3 Å². The molecule has 0 aromatic rings. The maximum atomic E-state index is 10.3. The maximum Gasteiger partial charge on any atom is 0.303 e. The van der Waals surface area contributed by atoms with Crippen molar-refractivity contribution in [2.45, 2.75) is 201 Å². The third kappa shape index (κ3) is 56.7. The Kier molecular flexibility index (Phi) is 47.7. The van der Waals surface area contributed by atoms with Crippen LogP contribution < -0.4 is 5.73 Å². The summed E-state index contributed by atoms with van der Waals surface area (Å²) >= 11 is 0. The second kappa shape index (κ2) is 44.8. The fourth-order valence-electron chi connectivity index (χ4n) is 4.69. The van der Waals surface area contributed by atoms with Crippen molar-refractivity contribution in [2.75, 3.05) is 6.54 Å². The highest BCUT2D eigenvalue weighted by atomic mass is 16.4. The van der Waals surface area contributed by atoms with Crippen LogP contribution in [-0.2, 0) is 9.59 Å². The second-order valence-corrected chi connectivity index (χ2v) is 11.9. The van der Waals surface area contributed by atoms with Gasteiger partial charge in [0, 0.05) is 12.8 Å². The molecule has 0 aliphatic heterocycles. The molecule has 0 heterocycles. The molecule has 0 aliphatic rings. The molecule has 4 N–H and O–H groups in total. The largest absolute Gasteiger partial charge is 0.481 e. The highest BCUT2D eigenvalue weighted by Gasteiger charge is 1.97. The molecule has 0 aliphatic carbocycles. The summed E-state index contributed by atoms with van der Waals surface area (Å²) in [6, 6.07) is 0. The molecule has 43 heavy (non-hydrogen) atoms. The normalized spacial score (nSPS) is 10.9. The number of carboxylic acids is 2. The first-order valence-corrected chi connectivity index (χ1v) is 18.4. The van der Waals surface area contributed by atoms with E-state index in [4.69, 9.17) is 15.9 Å². The van der Waals surface area contributed by atoms with Crippen molar-refractivity contribution in [3.05, 3.63) is 24.3 Å². The van der Waals surface area contributed by atoms with Gasteiger partial charge in [0.2, 0.25) is 0 Å². The first kappa shape index (κ1) is 45.8. The zero-order valence-corrected chi connectivity index (χ0v) is 29.1. The third-order valence-electron chi connectivity index (χ3n) is 7.30. The summed E-state index contributed by atoms with van der Waals surface area (Å²) in [5, 5.41) is 17.0. The quantitative estimate of drug-likeness (QED) is 0.0555. The molecule has 5 heteroatoms. The molecule has 0 saturated carbocycles. The van der Waals surface area contributed by atoms with E-state index >= 15 is 0 Å². The van der Waals surface area contributed by atoms with Gasteiger partial charge in [0.05, 0.1) is 0 Å². The van der Waals surface area contributed by atoms with Gasteiger partial charge in [-0.2, -0.15) is 0 Å². The summed E-state index contributed by atoms with van der Waals surface area (Å²) in [6.45, 7) is 7.17. The summed E-state index contributed by atoms with van der Waals surface area (Å²) in [7, 11) is 0. The lowest BCUT2D eigenvalue weighted by Gasteiger charge is -1.99. The Morgan fingerprint density at radius 3 is 0.860 bits per heavy atom. The van der Waals surface area contributed by atoms with E-state index in [1.165, 1.54) is 141 Å². The fourth-order valence-corrected chi connectivity index (χ4v) is 4.69. The predicted molar refractivity (Wildman–Crippen MR) is 189 cm³/mol. The molecule has 0 unspecified atom stereocenters. The number of carboxylic acid groups (broad SMARTS) is 2.